The van der Waals surface area contributed by atoms with Crippen molar-refractivity contribution in [3.05, 3.63) is 35.1 Å². The first-order valence-electron chi connectivity index (χ1n) is 7.69. The molecule has 0 saturated heterocycles. The van der Waals surface area contributed by atoms with E-state index in [-0.39, 0.29) is 23.2 Å². The number of hydrogen-bond acceptors (Lipinski definition) is 5. The lowest BCUT2D eigenvalue weighted by Gasteiger charge is -2.58. The van der Waals surface area contributed by atoms with E-state index in [4.69, 9.17) is 4.74 Å². The van der Waals surface area contributed by atoms with Gasteiger partial charge < -0.3 is 20.1 Å². The van der Waals surface area contributed by atoms with Crippen LogP contribution < -0.4 is 4.74 Å². The van der Waals surface area contributed by atoms with Crippen LogP contribution in [0.1, 0.15) is 30.4 Å². The van der Waals surface area contributed by atoms with Gasteiger partial charge in [-0.3, -0.25) is 4.79 Å². The van der Waals surface area contributed by atoms with Crippen LogP contribution in [0, 0.1) is 5.92 Å². The van der Waals surface area contributed by atoms with Crippen molar-refractivity contribution >= 4 is 5.78 Å². The second-order valence-electron chi connectivity index (χ2n) is 6.91. The Bertz CT molecular complexity index is 767. The fraction of sp³-hybridized carbons (Fsp3) is 0.471. The van der Waals surface area contributed by atoms with Crippen LogP contribution in [-0.4, -0.2) is 32.8 Å². The Labute approximate surface area is 126 Å². The van der Waals surface area contributed by atoms with Crippen molar-refractivity contribution in [1.82, 2.24) is 0 Å². The maximum absolute atomic E-state index is 12.4. The summed E-state index contributed by atoms with van der Waals surface area (Å²) in [4.78, 5) is 12.4. The van der Waals surface area contributed by atoms with Gasteiger partial charge in [0.2, 0.25) is 5.78 Å². The molecule has 1 spiro atoms. The number of rotatable bonds is 0. The number of hydrogen-bond donors (Lipinski definition) is 3. The summed E-state index contributed by atoms with van der Waals surface area (Å²) in [5, 5.41) is 32.0. The summed E-state index contributed by atoms with van der Waals surface area (Å²) < 4.78 is 5.82. The van der Waals surface area contributed by atoms with Crippen molar-refractivity contribution in [3.63, 3.8) is 0 Å². The molecule has 3 aliphatic carbocycles. The van der Waals surface area contributed by atoms with Gasteiger partial charge in [0.15, 0.2) is 17.6 Å². The summed E-state index contributed by atoms with van der Waals surface area (Å²) in [5.41, 5.74) is -0.709. The molecule has 5 heteroatoms. The SMILES string of the molecule is O=C1C=C(O)[C@@]2(O)[C@@H]3CCC[C@@]24c2c(ccc(O)c2O[C@@H]14)C3. The molecule has 4 atom stereocenters. The average molecular weight is 300 g/mol. The normalized spacial score (nSPS) is 40.8. The van der Waals surface area contributed by atoms with E-state index in [0.29, 0.717) is 18.6 Å². The van der Waals surface area contributed by atoms with E-state index in [1.54, 1.807) is 6.07 Å². The van der Waals surface area contributed by atoms with E-state index in [0.717, 1.165) is 30.0 Å². The lowest BCUT2D eigenvalue weighted by Crippen LogP contribution is -2.69. The number of aliphatic hydroxyl groups excluding tert-OH is 1. The number of carbonyl (C=O) groups excluding carboxylic acids is 1. The number of phenolic OH excluding ortho intramolecular Hbond substituents is 1. The number of aromatic hydroxyl groups is 1. The van der Waals surface area contributed by atoms with Crippen LogP contribution in [0.3, 0.4) is 0 Å². The van der Waals surface area contributed by atoms with Crippen LogP contribution in [0.2, 0.25) is 0 Å². The molecule has 2 bridgehead atoms. The van der Waals surface area contributed by atoms with E-state index in [1.807, 2.05) is 6.07 Å². The second-order valence-corrected chi connectivity index (χ2v) is 6.91. The molecule has 114 valence electrons. The third-order valence-corrected chi connectivity index (χ3v) is 6.14. The topological polar surface area (TPSA) is 87.0 Å². The molecule has 1 aromatic carbocycles. The van der Waals surface area contributed by atoms with Crippen LogP contribution in [0.4, 0.5) is 0 Å². The Balaban J connectivity index is 1.94. The van der Waals surface area contributed by atoms with Crippen LogP contribution in [-0.2, 0) is 16.6 Å². The summed E-state index contributed by atoms with van der Waals surface area (Å²) in [6.07, 6.45) is 3.09. The van der Waals surface area contributed by atoms with Gasteiger partial charge in [-0.15, -0.1) is 0 Å². The predicted octanol–water partition coefficient (Wildman–Crippen LogP) is 1.50. The quantitative estimate of drug-likeness (QED) is 0.676. The van der Waals surface area contributed by atoms with E-state index in [9.17, 15) is 20.1 Å². The second kappa shape index (κ2) is 3.49. The van der Waals surface area contributed by atoms with Crippen LogP contribution in [0.5, 0.6) is 11.5 Å². The summed E-state index contributed by atoms with van der Waals surface area (Å²) in [5.74, 6) is -0.436. The highest BCUT2D eigenvalue weighted by Crippen LogP contribution is 2.66. The summed E-state index contributed by atoms with van der Waals surface area (Å²) >= 11 is 0. The Morgan fingerprint density at radius 2 is 2.09 bits per heavy atom. The Morgan fingerprint density at radius 3 is 2.91 bits per heavy atom. The minimum absolute atomic E-state index is 0.0128. The fourth-order valence-electron chi connectivity index (χ4n) is 5.35. The molecular weight excluding hydrogens is 284 g/mol. The highest BCUT2D eigenvalue weighted by atomic mass is 16.5. The first kappa shape index (κ1) is 12.5. The van der Waals surface area contributed by atoms with Crippen molar-refractivity contribution in [2.45, 2.75) is 42.8 Å². The van der Waals surface area contributed by atoms with E-state index in [1.165, 1.54) is 0 Å². The van der Waals surface area contributed by atoms with Gasteiger partial charge >= 0.3 is 0 Å². The lowest BCUT2D eigenvalue weighted by atomic mass is 9.47. The molecule has 1 aromatic rings. The van der Waals surface area contributed by atoms with E-state index in [2.05, 4.69) is 0 Å². The van der Waals surface area contributed by atoms with Gasteiger partial charge in [-0.2, -0.15) is 0 Å². The van der Waals surface area contributed by atoms with E-state index >= 15 is 0 Å². The molecule has 0 unspecified atom stereocenters. The standard InChI is InChI=1S/C17H16O5/c18-10-4-3-8-6-9-2-1-5-16-13(8)14(10)22-15(16)11(19)7-12(20)17(9,16)21/h3-4,7,9,15,18,20-21H,1-2,5-6H2/t9-,15+,16+,17+/m1/s1. The molecule has 0 aromatic heterocycles. The van der Waals surface area contributed by atoms with Crippen molar-refractivity contribution in [3.8, 4) is 11.5 Å². The first-order chi connectivity index (χ1) is 10.5. The zero-order valence-electron chi connectivity index (χ0n) is 11.9. The largest absolute Gasteiger partial charge is 0.509 e. The summed E-state index contributed by atoms with van der Waals surface area (Å²) in [6, 6.07) is 3.43. The Kier molecular flexibility index (Phi) is 1.98. The van der Waals surface area contributed by atoms with Gasteiger partial charge in [-0.05, 0) is 30.9 Å². The van der Waals surface area contributed by atoms with Gasteiger partial charge in [0.25, 0.3) is 0 Å². The minimum atomic E-state index is -1.48. The van der Waals surface area contributed by atoms with Crippen molar-refractivity contribution in [1.29, 1.82) is 0 Å². The highest BCUT2D eigenvalue weighted by molar-refractivity contribution is 5.99. The molecule has 3 N–H and O–H groups in total. The molecule has 22 heavy (non-hydrogen) atoms. The van der Waals surface area contributed by atoms with Gasteiger partial charge in [0.1, 0.15) is 11.4 Å². The zero-order valence-corrected chi connectivity index (χ0v) is 11.9. The smallest absolute Gasteiger partial charge is 0.200 e. The number of carbonyl (C=O) groups is 1. The number of ketones is 1. The van der Waals surface area contributed by atoms with Crippen LogP contribution in [0.25, 0.3) is 0 Å². The first-order valence-corrected chi connectivity index (χ1v) is 7.69. The number of phenols is 1. The van der Waals surface area contributed by atoms with Crippen molar-refractivity contribution in [2.24, 2.45) is 5.92 Å². The zero-order chi connectivity index (χ0) is 15.3. The molecular formula is C17H16O5. The third-order valence-electron chi connectivity index (χ3n) is 6.14. The lowest BCUT2D eigenvalue weighted by molar-refractivity contribution is -0.159. The number of aliphatic hydroxyl groups is 2. The van der Waals surface area contributed by atoms with Crippen molar-refractivity contribution < 1.29 is 24.9 Å². The van der Waals surface area contributed by atoms with E-state index < -0.39 is 17.1 Å². The fourth-order valence-corrected chi connectivity index (χ4v) is 5.35. The van der Waals surface area contributed by atoms with Gasteiger partial charge in [0, 0.05) is 17.6 Å². The van der Waals surface area contributed by atoms with Crippen LogP contribution >= 0.6 is 0 Å². The molecule has 1 saturated carbocycles. The average Bonchev–Trinajstić information content (AvgIpc) is 2.81. The Morgan fingerprint density at radius 1 is 1.27 bits per heavy atom. The molecule has 1 heterocycles. The Hall–Kier alpha value is -2.01. The van der Waals surface area contributed by atoms with Gasteiger partial charge in [0.05, 0.1) is 5.41 Å². The summed E-state index contributed by atoms with van der Waals surface area (Å²) in [6.45, 7) is 0. The number of benzene rings is 1. The van der Waals surface area contributed by atoms with Gasteiger partial charge in [-0.1, -0.05) is 12.5 Å². The maximum Gasteiger partial charge on any atom is 0.200 e. The van der Waals surface area contributed by atoms with Crippen LogP contribution in [0.15, 0.2) is 24.0 Å². The maximum atomic E-state index is 12.4. The predicted molar refractivity (Wildman–Crippen MR) is 75.9 cm³/mol. The monoisotopic (exact) mass is 300 g/mol. The summed E-state index contributed by atoms with van der Waals surface area (Å²) in [7, 11) is 0. The molecule has 0 radical (unpaired) electrons. The molecule has 0 amide bonds. The van der Waals surface area contributed by atoms with Gasteiger partial charge in [-0.25, -0.2) is 0 Å². The third kappa shape index (κ3) is 1.03. The highest BCUT2D eigenvalue weighted by Gasteiger charge is 2.73. The van der Waals surface area contributed by atoms with Crippen molar-refractivity contribution in [2.75, 3.05) is 0 Å². The molecule has 4 aliphatic rings. The molecule has 1 aliphatic heterocycles. The molecule has 5 rings (SSSR count). The minimum Gasteiger partial charge on any atom is -0.509 e. The number of ether oxygens (including phenoxy) is 1. The molecule has 5 nitrogen and oxygen atoms in total. The molecule has 1 fully saturated rings.